The van der Waals surface area contributed by atoms with Crippen LogP contribution in [0, 0.1) is 0 Å². The number of thiophene rings is 1. The molecular weight excluding hydrogens is 342 g/mol. The number of carbonyl (C=O) groups is 1. The average Bonchev–Trinajstić information content (AvgIpc) is 3.04. The lowest BCUT2D eigenvalue weighted by atomic mass is 10.4. The molecule has 7 heteroatoms. The van der Waals surface area contributed by atoms with Crippen molar-refractivity contribution in [2.24, 2.45) is 0 Å². The number of carbonyl (C=O) groups excluding carboxylic acids is 1. The maximum absolute atomic E-state index is 11.9. The fourth-order valence-electron chi connectivity index (χ4n) is 1.48. The first-order valence-corrected chi connectivity index (χ1v) is 7.69. The van der Waals surface area contributed by atoms with Crippen LogP contribution in [0.1, 0.15) is 23.5 Å². The summed E-state index contributed by atoms with van der Waals surface area (Å²) in [6.07, 6.45) is 4.04. The first-order valence-electron chi connectivity index (χ1n) is 6.08. The summed E-state index contributed by atoms with van der Waals surface area (Å²) in [5.74, 6) is 0.996. The zero-order valence-corrected chi connectivity index (χ0v) is 13.6. The van der Waals surface area contributed by atoms with Crippen molar-refractivity contribution in [3.63, 3.8) is 0 Å². The molecule has 2 rings (SSSR count). The maximum Gasteiger partial charge on any atom is 0.246 e. The molecule has 0 radical (unpaired) electrons. The molecule has 5 nitrogen and oxygen atoms in total. The number of halogens is 1. The third-order valence-electron chi connectivity index (χ3n) is 2.56. The minimum absolute atomic E-state index is 0.106. The molecule has 0 bridgehead atoms. The van der Waals surface area contributed by atoms with Crippen LogP contribution in [0.3, 0.4) is 0 Å². The zero-order valence-electron chi connectivity index (χ0n) is 11.2. The number of rotatable bonds is 5. The Balaban J connectivity index is 1.93. The van der Waals surface area contributed by atoms with E-state index in [1.54, 1.807) is 24.5 Å². The lowest BCUT2D eigenvalue weighted by molar-refractivity contribution is -0.125. The Kier molecular flexibility index (Phi) is 5.08. The monoisotopic (exact) mass is 355 g/mol. The first-order chi connectivity index (χ1) is 9.58. The number of aromatic nitrogens is 2. The summed E-state index contributed by atoms with van der Waals surface area (Å²) >= 11 is 4.95. The Labute approximate surface area is 129 Å². The number of hydrogen-bond donors (Lipinski definition) is 0. The van der Waals surface area contributed by atoms with Gasteiger partial charge in [-0.05, 0) is 34.1 Å². The van der Waals surface area contributed by atoms with E-state index in [-0.39, 0.29) is 5.91 Å². The molecule has 1 amide bonds. The number of nitrogens with zero attached hydrogens (tertiary/aromatic N) is 3. The van der Waals surface area contributed by atoms with Gasteiger partial charge in [0.2, 0.25) is 11.8 Å². The highest BCUT2D eigenvalue weighted by Gasteiger charge is 2.11. The summed E-state index contributed by atoms with van der Waals surface area (Å²) in [4.78, 5) is 18.7. The molecule has 106 valence electrons. The summed E-state index contributed by atoms with van der Waals surface area (Å²) in [6, 6.07) is 3.90. The molecule has 0 saturated heterocycles. The van der Waals surface area contributed by atoms with Crippen molar-refractivity contribution < 1.29 is 9.32 Å². The van der Waals surface area contributed by atoms with Crippen molar-refractivity contribution in [1.29, 1.82) is 0 Å². The second-order valence-corrected chi connectivity index (χ2v) is 6.62. The highest BCUT2D eigenvalue weighted by molar-refractivity contribution is 9.11. The van der Waals surface area contributed by atoms with Gasteiger partial charge in [0.05, 0.1) is 10.3 Å². The molecular formula is C13H14BrN3O2S. The molecule has 0 fully saturated rings. The minimum Gasteiger partial charge on any atom is -0.337 e. The van der Waals surface area contributed by atoms with Gasteiger partial charge in [-0.3, -0.25) is 4.79 Å². The van der Waals surface area contributed by atoms with Gasteiger partial charge in [-0.15, -0.1) is 11.3 Å². The number of amides is 1. The zero-order chi connectivity index (χ0) is 14.5. The third-order valence-corrected chi connectivity index (χ3v) is 4.15. The molecule has 0 aliphatic heterocycles. The highest BCUT2D eigenvalue weighted by atomic mass is 79.9. The smallest absolute Gasteiger partial charge is 0.246 e. The van der Waals surface area contributed by atoms with Crippen LogP contribution in [0.25, 0.3) is 6.08 Å². The maximum atomic E-state index is 11.9. The second kappa shape index (κ2) is 6.81. The molecule has 0 saturated carbocycles. The Morgan fingerprint density at radius 2 is 2.35 bits per heavy atom. The Hall–Kier alpha value is -1.47. The van der Waals surface area contributed by atoms with E-state index in [1.807, 2.05) is 19.1 Å². The summed E-state index contributed by atoms with van der Waals surface area (Å²) in [6.45, 7) is 2.26. The molecule has 2 aromatic rings. The fraction of sp³-hybridized carbons (Fsp3) is 0.308. The molecule has 0 spiro atoms. The topological polar surface area (TPSA) is 59.2 Å². The molecule has 0 unspecified atom stereocenters. The van der Waals surface area contributed by atoms with Crippen molar-refractivity contribution in [1.82, 2.24) is 15.0 Å². The number of hydrogen-bond acceptors (Lipinski definition) is 5. The Morgan fingerprint density at radius 1 is 1.55 bits per heavy atom. The second-order valence-electron chi connectivity index (χ2n) is 4.13. The standard InChI is InChI=1S/C13H14BrN3O2S/c1-3-11-15-12(19-16-11)8-17(2)13(18)7-5-9-4-6-10(14)20-9/h4-7H,3,8H2,1-2H3/b7-5+. The summed E-state index contributed by atoms with van der Waals surface area (Å²) < 4.78 is 6.10. The van der Waals surface area contributed by atoms with Crippen molar-refractivity contribution in [2.75, 3.05) is 7.05 Å². The van der Waals surface area contributed by atoms with E-state index < -0.39 is 0 Å². The normalized spacial score (nSPS) is 11.2. The van der Waals surface area contributed by atoms with Crippen molar-refractivity contribution in [2.45, 2.75) is 19.9 Å². The Bertz CT molecular complexity index is 621. The van der Waals surface area contributed by atoms with Gasteiger partial charge in [0.15, 0.2) is 5.82 Å². The molecule has 20 heavy (non-hydrogen) atoms. The van der Waals surface area contributed by atoms with E-state index in [4.69, 9.17) is 4.52 Å². The van der Waals surface area contributed by atoms with Gasteiger partial charge >= 0.3 is 0 Å². The van der Waals surface area contributed by atoms with Gasteiger partial charge in [0, 0.05) is 24.4 Å². The molecule has 0 N–H and O–H groups in total. The van der Waals surface area contributed by atoms with Crippen LogP contribution in [0.2, 0.25) is 0 Å². The van der Waals surface area contributed by atoms with Gasteiger partial charge in [-0.1, -0.05) is 12.1 Å². The number of likely N-dealkylation sites (N-methyl/N-ethyl adjacent to an activating group) is 1. The van der Waals surface area contributed by atoms with E-state index in [2.05, 4.69) is 26.1 Å². The van der Waals surface area contributed by atoms with Crippen LogP contribution in [0.15, 0.2) is 26.5 Å². The largest absolute Gasteiger partial charge is 0.337 e. The molecule has 0 aliphatic carbocycles. The van der Waals surface area contributed by atoms with Crippen LogP contribution in [-0.2, 0) is 17.8 Å². The fourth-order valence-corrected chi connectivity index (χ4v) is 2.80. The van der Waals surface area contributed by atoms with Crippen molar-refractivity contribution in [3.05, 3.63) is 38.6 Å². The Morgan fingerprint density at radius 3 is 2.95 bits per heavy atom. The van der Waals surface area contributed by atoms with E-state index in [0.717, 1.165) is 8.66 Å². The van der Waals surface area contributed by atoms with Crippen LogP contribution in [-0.4, -0.2) is 28.0 Å². The van der Waals surface area contributed by atoms with Crippen LogP contribution in [0.4, 0.5) is 0 Å². The van der Waals surface area contributed by atoms with Gasteiger partial charge in [-0.2, -0.15) is 4.98 Å². The molecule has 2 aromatic heterocycles. The van der Waals surface area contributed by atoms with Gasteiger partial charge in [0.1, 0.15) is 0 Å². The van der Waals surface area contributed by atoms with Crippen molar-refractivity contribution >= 4 is 39.2 Å². The van der Waals surface area contributed by atoms with Gasteiger partial charge in [0.25, 0.3) is 0 Å². The van der Waals surface area contributed by atoms with Crippen LogP contribution >= 0.6 is 27.3 Å². The van der Waals surface area contributed by atoms with Gasteiger partial charge in [-0.25, -0.2) is 0 Å². The van der Waals surface area contributed by atoms with Crippen molar-refractivity contribution in [3.8, 4) is 0 Å². The molecule has 0 aromatic carbocycles. The minimum atomic E-state index is -0.106. The van der Waals surface area contributed by atoms with E-state index >= 15 is 0 Å². The molecule has 0 atom stereocenters. The van der Waals surface area contributed by atoms with E-state index in [0.29, 0.717) is 24.7 Å². The first kappa shape index (κ1) is 14.9. The summed E-state index contributed by atoms with van der Waals surface area (Å²) in [5, 5.41) is 3.80. The van der Waals surface area contributed by atoms with Crippen LogP contribution < -0.4 is 0 Å². The summed E-state index contributed by atoms with van der Waals surface area (Å²) in [5.41, 5.74) is 0. The van der Waals surface area contributed by atoms with Crippen LogP contribution in [0.5, 0.6) is 0 Å². The average molecular weight is 356 g/mol. The van der Waals surface area contributed by atoms with E-state index in [9.17, 15) is 4.79 Å². The molecule has 0 aliphatic rings. The highest BCUT2D eigenvalue weighted by Crippen LogP contribution is 2.23. The third kappa shape index (κ3) is 4.01. The lowest BCUT2D eigenvalue weighted by Gasteiger charge is -2.11. The predicted molar refractivity (Wildman–Crippen MR) is 81.2 cm³/mol. The number of aryl methyl sites for hydroxylation is 1. The van der Waals surface area contributed by atoms with E-state index in [1.165, 1.54) is 11.0 Å². The van der Waals surface area contributed by atoms with Gasteiger partial charge < -0.3 is 9.42 Å². The predicted octanol–water partition coefficient (Wildman–Crippen LogP) is 3.13. The lowest BCUT2D eigenvalue weighted by Crippen LogP contribution is -2.24. The SMILES string of the molecule is CCc1noc(CN(C)C(=O)/C=C/c2ccc(Br)s2)n1. The molecule has 2 heterocycles. The quantitative estimate of drug-likeness (QED) is 0.773. The summed E-state index contributed by atoms with van der Waals surface area (Å²) in [7, 11) is 1.70.